The summed E-state index contributed by atoms with van der Waals surface area (Å²) >= 11 is 0. The smallest absolute Gasteiger partial charge is 0.308 e. The topological polar surface area (TPSA) is 101 Å². The van der Waals surface area contributed by atoms with Crippen LogP contribution in [-0.2, 0) is 16.0 Å². The van der Waals surface area contributed by atoms with Crippen molar-refractivity contribution in [3.8, 4) is 0 Å². The van der Waals surface area contributed by atoms with E-state index in [2.05, 4.69) is 0 Å². The third-order valence-electron chi connectivity index (χ3n) is 2.67. The van der Waals surface area contributed by atoms with E-state index in [4.69, 9.17) is 15.9 Å². The lowest BCUT2D eigenvalue weighted by Gasteiger charge is -2.18. The molecule has 0 aromatic heterocycles. The van der Waals surface area contributed by atoms with Gasteiger partial charge in [0.2, 0.25) is 0 Å². The van der Waals surface area contributed by atoms with Crippen LogP contribution in [0.3, 0.4) is 0 Å². The normalized spacial score (nSPS) is 13.9. The first-order chi connectivity index (χ1) is 8.06. The molecule has 0 spiro atoms. The molecule has 17 heavy (non-hydrogen) atoms. The van der Waals surface area contributed by atoms with Crippen LogP contribution in [0.5, 0.6) is 0 Å². The summed E-state index contributed by atoms with van der Waals surface area (Å²) in [5.41, 5.74) is 6.11. The number of benzene rings is 1. The van der Waals surface area contributed by atoms with Crippen molar-refractivity contribution in [2.45, 2.75) is 6.42 Å². The highest BCUT2D eigenvalue weighted by Crippen LogP contribution is 2.18. The van der Waals surface area contributed by atoms with E-state index >= 15 is 0 Å². The number of hydrogen-bond donors (Lipinski definition) is 3. The van der Waals surface area contributed by atoms with Gasteiger partial charge in [-0.25, -0.2) is 0 Å². The van der Waals surface area contributed by atoms with Crippen LogP contribution < -0.4 is 5.73 Å². The van der Waals surface area contributed by atoms with Crippen LogP contribution in [0.15, 0.2) is 30.3 Å². The van der Waals surface area contributed by atoms with Gasteiger partial charge in [-0.05, 0) is 12.0 Å². The van der Waals surface area contributed by atoms with Crippen LogP contribution in [0, 0.1) is 11.8 Å². The second-order valence-corrected chi connectivity index (χ2v) is 3.81. The van der Waals surface area contributed by atoms with Crippen molar-refractivity contribution in [1.29, 1.82) is 0 Å². The molecule has 1 aromatic rings. The number of hydrogen-bond acceptors (Lipinski definition) is 3. The Bertz CT molecular complexity index is 391. The average molecular weight is 237 g/mol. The van der Waals surface area contributed by atoms with Gasteiger partial charge in [0.25, 0.3) is 0 Å². The summed E-state index contributed by atoms with van der Waals surface area (Å²) in [6.07, 6.45) is 0.171. The Morgan fingerprint density at radius 1 is 1.06 bits per heavy atom. The number of aliphatic carboxylic acids is 2. The average Bonchev–Trinajstić information content (AvgIpc) is 2.29. The Morgan fingerprint density at radius 3 is 2.00 bits per heavy atom. The molecular formula is C12H15NO4. The molecule has 0 aliphatic heterocycles. The number of carbonyl (C=O) groups is 2. The summed E-state index contributed by atoms with van der Waals surface area (Å²) in [6.45, 7) is -0.181. The number of carboxylic acid groups (broad SMARTS) is 2. The fourth-order valence-corrected chi connectivity index (χ4v) is 1.71. The van der Waals surface area contributed by atoms with Crippen LogP contribution in [0.4, 0.5) is 0 Å². The van der Waals surface area contributed by atoms with E-state index in [1.807, 2.05) is 6.07 Å². The molecule has 0 fully saturated rings. The zero-order valence-corrected chi connectivity index (χ0v) is 9.24. The summed E-state index contributed by atoms with van der Waals surface area (Å²) < 4.78 is 0. The van der Waals surface area contributed by atoms with Crippen molar-refractivity contribution < 1.29 is 19.8 Å². The minimum Gasteiger partial charge on any atom is -0.481 e. The summed E-state index contributed by atoms with van der Waals surface area (Å²) in [6, 6.07) is 8.92. The molecule has 0 aliphatic carbocycles. The Morgan fingerprint density at radius 2 is 1.59 bits per heavy atom. The van der Waals surface area contributed by atoms with Crippen LogP contribution in [-0.4, -0.2) is 28.7 Å². The second-order valence-electron chi connectivity index (χ2n) is 3.81. The van der Waals surface area contributed by atoms with Gasteiger partial charge >= 0.3 is 11.9 Å². The van der Waals surface area contributed by atoms with Crippen molar-refractivity contribution >= 4 is 11.9 Å². The van der Waals surface area contributed by atoms with E-state index in [0.29, 0.717) is 0 Å². The number of rotatable bonds is 6. The third-order valence-corrected chi connectivity index (χ3v) is 2.67. The molecule has 2 unspecified atom stereocenters. The van der Waals surface area contributed by atoms with Crippen LogP contribution in [0.2, 0.25) is 0 Å². The fourth-order valence-electron chi connectivity index (χ4n) is 1.71. The van der Waals surface area contributed by atoms with Gasteiger partial charge in [-0.1, -0.05) is 30.3 Å². The van der Waals surface area contributed by atoms with Crippen LogP contribution in [0.25, 0.3) is 0 Å². The predicted octanol–water partition coefficient (Wildman–Crippen LogP) is 0.589. The van der Waals surface area contributed by atoms with Crippen LogP contribution >= 0.6 is 0 Å². The third kappa shape index (κ3) is 3.57. The molecule has 0 aliphatic rings. The van der Waals surface area contributed by atoms with E-state index in [1.165, 1.54) is 0 Å². The molecule has 0 heterocycles. The molecule has 0 bridgehead atoms. The summed E-state index contributed by atoms with van der Waals surface area (Å²) in [7, 11) is 0. The van der Waals surface area contributed by atoms with Gasteiger partial charge in [0, 0.05) is 6.54 Å². The zero-order chi connectivity index (χ0) is 12.8. The first-order valence-corrected chi connectivity index (χ1v) is 5.26. The fraction of sp³-hybridized carbons (Fsp3) is 0.333. The molecule has 1 rings (SSSR count). The number of nitrogens with two attached hydrogens (primary N) is 1. The maximum absolute atomic E-state index is 11.1. The molecule has 4 N–H and O–H groups in total. The standard InChI is InChI=1S/C12H15NO4/c13-7-10(12(16)17)9(11(14)15)6-8-4-2-1-3-5-8/h1-5,9-10H,6-7,13H2,(H,14,15)(H,16,17). The van der Waals surface area contributed by atoms with Gasteiger partial charge in [-0.3, -0.25) is 9.59 Å². The molecule has 0 amide bonds. The molecule has 92 valence electrons. The largest absolute Gasteiger partial charge is 0.481 e. The SMILES string of the molecule is NCC(C(=O)O)C(Cc1ccccc1)C(=O)O. The van der Waals surface area contributed by atoms with Gasteiger partial charge in [0.1, 0.15) is 0 Å². The van der Waals surface area contributed by atoms with Gasteiger partial charge in [-0.15, -0.1) is 0 Å². The van der Waals surface area contributed by atoms with E-state index in [0.717, 1.165) is 5.56 Å². The van der Waals surface area contributed by atoms with Crippen molar-refractivity contribution in [3.63, 3.8) is 0 Å². The van der Waals surface area contributed by atoms with Crippen LogP contribution in [0.1, 0.15) is 5.56 Å². The number of carboxylic acids is 2. The maximum atomic E-state index is 11.1. The van der Waals surface area contributed by atoms with Gasteiger partial charge in [0.05, 0.1) is 11.8 Å². The van der Waals surface area contributed by atoms with Crippen molar-refractivity contribution in [2.75, 3.05) is 6.54 Å². The van der Waals surface area contributed by atoms with E-state index < -0.39 is 23.8 Å². The summed E-state index contributed by atoms with van der Waals surface area (Å²) in [4.78, 5) is 22.0. The molecule has 0 radical (unpaired) electrons. The summed E-state index contributed by atoms with van der Waals surface area (Å²) in [5, 5.41) is 18.0. The molecule has 1 aromatic carbocycles. The lowest BCUT2D eigenvalue weighted by atomic mass is 9.87. The van der Waals surface area contributed by atoms with Gasteiger partial charge in [-0.2, -0.15) is 0 Å². The maximum Gasteiger partial charge on any atom is 0.308 e. The molecule has 2 atom stereocenters. The highest BCUT2D eigenvalue weighted by atomic mass is 16.4. The highest BCUT2D eigenvalue weighted by Gasteiger charge is 2.32. The Hall–Kier alpha value is -1.88. The minimum absolute atomic E-state index is 0.171. The molecule has 5 heteroatoms. The Balaban J connectivity index is 2.87. The molecular weight excluding hydrogens is 222 g/mol. The van der Waals surface area contributed by atoms with Gasteiger partial charge < -0.3 is 15.9 Å². The van der Waals surface area contributed by atoms with Gasteiger partial charge in [0.15, 0.2) is 0 Å². The molecule has 0 saturated carbocycles. The molecule has 0 saturated heterocycles. The lowest BCUT2D eigenvalue weighted by Crippen LogP contribution is -2.36. The molecule has 5 nitrogen and oxygen atoms in total. The van der Waals surface area contributed by atoms with E-state index in [-0.39, 0.29) is 13.0 Å². The first-order valence-electron chi connectivity index (χ1n) is 5.26. The zero-order valence-electron chi connectivity index (χ0n) is 9.24. The monoisotopic (exact) mass is 237 g/mol. The first kappa shape index (κ1) is 13.2. The quantitative estimate of drug-likeness (QED) is 0.672. The van der Waals surface area contributed by atoms with E-state index in [1.54, 1.807) is 24.3 Å². The predicted molar refractivity (Wildman–Crippen MR) is 61.5 cm³/mol. The lowest BCUT2D eigenvalue weighted by molar-refractivity contribution is -0.153. The summed E-state index contributed by atoms with van der Waals surface area (Å²) in [5.74, 6) is -4.37. The Labute approximate surface area is 98.9 Å². The Kier molecular flexibility index (Phi) is 4.66. The second kappa shape index (κ2) is 6.00. The highest BCUT2D eigenvalue weighted by molar-refractivity contribution is 5.80. The van der Waals surface area contributed by atoms with Crippen molar-refractivity contribution in [2.24, 2.45) is 17.6 Å². The minimum atomic E-state index is -1.17. The van der Waals surface area contributed by atoms with E-state index in [9.17, 15) is 9.59 Å². The van der Waals surface area contributed by atoms with Crippen molar-refractivity contribution in [3.05, 3.63) is 35.9 Å². The van der Waals surface area contributed by atoms with Crippen molar-refractivity contribution in [1.82, 2.24) is 0 Å².